The lowest BCUT2D eigenvalue weighted by molar-refractivity contribution is -0.118. The Hall–Kier alpha value is -3.85. The van der Waals surface area contributed by atoms with Gasteiger partial charge < -0.3 is 14.8 Å². The molecule has 0 bridgehead atoms. The monoisotopic (exact) mass is 461 g/mol. The molecule has 2 aromatic heterocycles. The summed E-state index contributed by atoms with van der Waals surface area (Å²) >= 11 is 1.33. The van der Waals surface area contributed by atoms with E-state index in [2.05, 4.69) is 20.5 Å². The van der Waals surface area contributed by atoms with E-state index < -0.39 is 0 Å². The lowest BCUT2D eigenvalue weighted by Gasteiger charge is -2.11. The zero-order chi connectivity index (χ0) is 23.0. The van der Waals surface area contributed by atoms with Gasteiger partial charge in [0.2, 0.25) is 5.91 Å². The molecule has 0 saturated heterocycles. The molecule has 9 heteroatoms. The first-order valence-electron chi connectivity index (χ1n) is 10.2. The first-order valence-corrected chi connectivity index (χ1v) is 11.2. The first kappa shape index (κ1) is 22.3. The quantitative estimate of drug-likeness (QED) is 0.380. The van der Waals surface area contributed by atoms with Gasteiger partial charge in [-0.15, -0.1) is 10.2 Å². The van der Waals surface area contributed by atoms with Crippen LogP contribution in [0.4, 0.5) is 0 Å². The standard InChI is InChI=1S/C24H23N5O3S/c1-31-20-9-8-17(14-21(20)32-2)15-26-22(30)16-33-24-28-27-23(18-10-12-25-13-11-18)29(24)19-6-4-3-5-7-19/h3-14H,15-16H2,1-2H3,(H,26,30). The normalized spacial score (nSPS) is 10.6. The van der Waals surface area contributed by atoms with E-state index in [1.807, 2.05) is 65.2 Å². The highest BCUT2D eigenvalue weighted by Gasteiger charge is 2.17. The van der Waals surface area contributed by atoms with Gasteiger partial charge in [-0.2, -0.15) is 0 Å². The van der Waals surface area contributed by atoms with E-state index in [-0.39, 0.29) is 11.7 Å². The highest BCUT2D eigenvalue weighted by molar-refractivity contribution is 7.99. The second-order valence-electron chi connectivity index (χ2n) is 6.97. The molecule has 1 N–H and O–H groups in total. The van der Waals surface area contributed by atoms with Crippen LogP contribution in [-0.2, 0) is 11.3 Å². The molecule has 0 atom stereocenters. The Morgan fingerprint density at radius 2 is 1.73 bits per heavy atom. The Balaban J connectivity index is 1.46. The van der Waals surface area contributed by atoms with Crippen molar-refractivity contribution in [1.82, 2.24) is 25.1 Å². The zero-order valence-electron chi connectivity index (χ0n) is 18.3. The van der Waals surface area contributed by atoms with Gasteiger partial charge >= 0.3 is 0 Å². The highest BCUT2D eigenvalue weighted by Crippen LogP contribution is 2.28. The minimum Gasteiger partial charge on any atom is -0.493 e. The Kier molecular flexibility index (Phi) is 7.21. The topological polar surface area (TPSA) is 91.2 Å². The number of carbonyl (C=O) groups is 1. The lowest BCUT2D eigenvalue weighted by atomic mass is 10.2. The maximum atomic E-state index is 12.5. The van der Waals surface area contributed by atoms with Crippen molar-refractivity contribution in [3.05, 3.63) is 78.6 Å². The van der Waals surface area contributed by atoms with Gasteiger partial charge in [0.1, 0.15) is 0 Å². The average Bonchev–Trinajstić information content (AvgIpc) is 3.31. The number of benzene rings is 2. The van der Waals surface area contributed by atoms with Crippen molar-refractivity contribution in [2.45, 2.75) is 11.7 Å². The van der Waals surface area contributed by atoms with Crippen LogP contribution in [0.25, 0.3) is 17.1 Å². The number of thioether (sulfide) groups is 1. The molecule has 0 unspecified atom stereocenters. The van der Waals surface area contributed by atoms with Gasteiger partial charge in [-0.05, 0) is 42.0 Å². The van der Waals surface area contributed by atoms with Crippen LogP contribution < -0.4 is 14.8 Å². The molecule has 0 aliphatic rings. The Morgan fingerprint density at radius 1 is 0.970 bits per heavy atom. The summed E-state index contributed by atoms with van der Waals surface area (Å²) in [6.45, 7) is 0.382. The fourth-order valence-corrected chi connectivity index (χ4v) is 4.02. The minimum atomic E-state index is -0.108. The maximum absolute atomic E-state index is 12.5. The van der Waals surface area contributed by atoms with Gasteiger partial charge in [-0.25, -0.2) is 0 Å². The van der Waals surface area contributed by atoms with Gasteiger partial charge in [0, 0.05) is 30.2 Å². The van der Waals surface area contributed by atoms with Gasteiger partial charge in [0.05, 0.1) is 20.0 Å². The number of amides is 1. The number of ether oxygens (including phenoxy) is 2. The SMILES string of the molecule is COc1ccc(CNC(=O)CSc2nnc(-c3ccncc3)n2-c2ccccc2)cc1OC. The third-order valence-corrected chi connectivity index (χ3v) is 5.79. The molecular weight excluding hydrogens is 438 g/mol. The summed E-state index contributed by atoms with van der Waals surface area (Å²) in [5, 5.41) is 12.3. The van der Waals surface area contributed by atoms with Crippen LogP contribution in [0.15, 0.2) is 78.2 Å². The summed E-state index contributed by atoms with van der Waals surface area (Å²) < 4.78 is 12.5. The summed E-state index contributed by atoms with van der Waals surface area (Å²) in [6.07, 6.45) is 3.43. The molecule has 4 aromatic rings. The molecule has 168 valence electrons. The van der Waals surface area contributed by atoms with Crippen molar-refractivity contribution >= 4 is 17.7 Å². The van der Waals surface area contributed by atoms with Crippen LogP contribution in [0.3, 0.4) is 0 Å². The van der Waals surface area contributed by atoms with Gasteiger partial charge in [0.25, 0.3) is 0 Å². The third-order valence-electron chi connectivity index (χ3n) is 4.86. The Morgan fingerprint density at radius 3 is 2.45 bits per heavy atom. The highest BCUT2D eigenvalue weighted by atomic mass is 32.2. The number of aromatic nitrogens is 4. The van der Waals surface area contributed by atoms with Crippen LogP contribution in [0.2, 0.25) is 0 Å². The summed E-state index contributed by atoms with van der Waals surface area (Å²) in [4.78, 5) is 16.6. The van der Waals surface area contributed by atoms with Crippen LogP contribution in [0.1, 0.15) is 5.56 Å². The second-order valence-corrected chi connectivity index (χ2v) is 7.91. The van der Waals surface area contributed by atoms with Crippen molar-refractivity contribution in [2.24, 2.45) is 0 Å². The van der Waals surface area contributed by atoms with Crippen LogP contribution in [-0.4, -0.2) is 45.6 Å². The predicted octanol–water partition coefficient (Wildman–Crippen LogP) is 3.76. The maximum Gasteiger partial charge on any atom is 0.230 e. The molecular formula is C24H23N5O3S. The number of nitrogens with one attached hydrogen (secondary N) is 1. The fraction of sp³-hybridized carbons (Fsp3) is 0.167. The molecule has 0 aliphatic carbocycles. The predicted molar refractivity (Wildman–Crippen MR) is 127 cm³/mol. The third kappa shape index (κ3) is 5.32. The number of carbonyl (C=O) groups excluding carboxylic acids is 1. The first-order chi connectivity index (χ1) is 16.2. The number of hydrogen-bond acceptors (Lipinski definition) is 7. The van der Waals surface area contributed by atoms with Gasteiger partial charge in [0.15, 0.2) is 22.5 Å². The molecule has 0 aliphatic heterocycles. The van der Waals surface area contributed by atoms with E-state index in [0.717, 1.165) is 16.8 Å². The summed E-state index contributed by atoms with van der Waals surface area (Å²) in [5.74, 6) is 2.06. The largest absolute Gasteiger partial charge is 0.493 e. The van der Waals surface area contributed by atoms with E-state index in [1.54, 1.807) is 26.6 Å². The van der Waals surface area contributed by atoms with Gasteiger partial charge in [-0.1, -0.05) is 36.0 Å². The minimum absolute atomic E-state index is 0.108. The average molecular weight is 462 g/mol. The van der Waals surface area contributed by atoms with Crippen molar-refractivity contribution < 1.29 is 14.3 Å². The van der Waals surface area contributed by atoms with E-state index in [4.69, 9.17) is 9.47 Å². The Bertz CT molecular complexity index is 1220. The van der Waals surface area contributed by atoms with E-state index in [9.17, 15) is 4.79 Å². The molecule has 4 rings (SSSR count). The molecule has 0 saturated carbocycles. The van der Waals surface area contributed by atoms with Crippen molar-refractivity contribution in [1.29, 1.82) is 0 Å². The van der Waals surface area contributed by atoms with Crippen LogP contribution in [0.5, 0.6) is 11.5 Å². The molecule has 8 nitrogen and oxygen atoms in total. The Labute approximate surface area is 196 Å². The number of rotatable bonds is 9. The van der Waals surface area contributed by atoms with Gasteiger partial charge in [-0.3, -0.25) is 14.3 Å². The van der Waals surface area contributed by atoms with E-state index in [1.165, 1.54) is 11.8 Å². The van der Waals surface area contributed by atoms with Crippen molar-refractivity contribution in [3.8, 4) is 28.6 Å². The number of hydrogen-bond donors (Lipinski definition) is 1. The van der Waals surface area contributed by atoms with Crippen LogP contribution >= 0.6 is 11.8 Å². The molecule has 33 heavy (non-hydrogen) atoms. The van der Waals surface area contributed by atoms with E-state index in [0.29, 0.717) is 29.0 Å². The molecule has 2 heterocycles. The summed E-state index contributed by atoms with van der Waals surface area (Å²) in [5.41, 5.74) is 2.73. The molecule has 0 fully saturated rings. The van der Waals surface area contributed by atoms with Crippen LogP contribution in [0, 0.1) is 0 Å². The lowest BCUT2D eigenvalue weighted by Crippen LogP contribution is -2.24. The van der Waals surface area contributed by atoms with Crippen molar-refractivity contribution in [3.63, 3.8) is 0 Å². The molecule has 0 spiro atoms. The number of methoxy groups -OCH3 is 2. The second kappa shape index (κ2) is 10.6. The summed E-state index contributed by atoms with van der Waals surface area (Å²) in [7, 11) is 3.17. The number of nitrogens with zero attached hydrogens (tertiary/aromatic N) is 4. The fourth-order valence-electron chi connectivity index (χ4n) is 3.23. The number of para-hydroxylation sites is 1. The molecule has 0 radical (unpaired) electrons. The van der Waals surface area contributed by atoms with Crippen molar-refractivity contribution in [2.75, 3.05) is 20.0 Å². The molecule has 2 aromatic carbocycles. The zero-order valence-corrected chi connectivity index (χ0v) is 19.1. The molecule has 1 amide bonds. The smallest absolute Gasteiger partial charge is 0.230 e. The van der Waals surface area contributed by atoms with E-state index >= 15 is 0 Å². The number of pyridine rings is 1. The summed E-state index contributed by atoms with van der Waals surface area (Å²) in [6, 6.07) is 19.1.